The maximum Gasteiger partial charge on any atom is 0.135 e. The van der Waals surface area contributed by atoms with Crippen LogP contribution in [-0.2, 0) is 4.79 Å². The van der Waals surface area contributed by atoms with Crippen LogP contribution in [0.3, 0.4) is 0 Å². The van der Waals surface area contributed by atoms with Crippen molar-refractivity contribution in [3.8, 4) is 0 Å². The lowest BCUT2D eigenvalue weighted by molar-refractivity contribution is -0.121. The van der Waals surface area contributed by atoms with Gasteiger partial charge in [-0.25, -0.2) is 0 Å². The molecular weight excluding hydrogens is 164 g/mol. The van der Waals surface area contributed by atoms with Crippen LogP contribution in [0.5, 0.6) is 0 Å². The highest BCUT2D eigenvalue weighted by Crippen LogP contribution is 2.13. The van der Waals surface area contributed by atoms with Gasteiger partial charge in [0.25, 0.3) is 0 Å². The standard InChI is InChI=1S/C10H18N2O/c13-10-2-5-12(6-3-10)8-9-1-4-11-7-9/h9,11H,1-8H2. The van der Waals surface area contributed by atoms with Crippen molar-refractivity contribution in [1.82, 2.24) is 10.2 Å². The van der Waals surface area contributed by atoms with Gasteiger partial charge in [-0.05, 0) is 25.4 Å². The van der Waals surface area contributed by atoms with Gasteiger partial charge in [0.1, 0.15) is 5.78 Å². The van der Waals surface area contributed by atoms with Gasteiger partial charge in [-0.15, -0.1) is 0 Å². The highest BCUT2D eigenvalue weighted by atomic mass is 16.1. The fourth-order valence-corrected chi connectivity index (χ4v) is 2.22. The Balaban J connectivity index is 1.72. The molecule has 2 saturated heterocycles. The maximum absolute atomic E-state index is 11.0. The van der Waals surface area contributed by atoms with Gasteiger partial charge in [0.2, 0.25) is 0 Å². The molecule has 13 heavy (non-hydrogen) atoms. The number of rotatable bonds is 2. The van der Waals surface area contributed by atoms with Crippen LogP contribution in [0.1, 0.15) is 19.3 Å². The Labute approximate surface area is 79.5 Å². The zero-order valence-electron chi connectivity index (χ0n) is 8.09. The normalized spacial score (nSPS) is 31.1. The molecule has 3 nitrogen and oxygen atoms in total. The van der Waals surface area contributed by atoms with Crippen molar-refractivity contribution in [2.45, 2.75) is 19.3 Å². The fraction of sp³-hybridized carbons (Fsp3) is 0.900. The molecule has 1 atom stereocenters. The summed E-state index contributed by atoms with van der Waals surface area (Å²) in [5, 5.41) is 3.38. The van der Waals surface area contributed by atoms with Crippen LogP contribution >= 0.6 is 0 Å². The molecule has 0 aromatic heterocycles. The van der Waals surface area contributed by atoms with E-state index < -0.39 is 0 Å². The number of nitrogens with zero attached hydrogens (tertiary/aromatic N) is 1. The molecule has 0 radical (unpaired) electrons. The number of ketones is 1. The second-order valence-electron chi connectivity index (χ2n) is 4.20. The van der Waals surface area contributed by atoms with Gasteiger partial charge in [-0.2, -0.15) is 0 Å². The first-order valence-electron chi connectivity index (χ1n) is 5.29. The molecule has 2 rings (SSSR count). The van der Waals surface area contributed by atoms with Crippen molar-refractivity contribution in [2.75, 3.05) is 32.7 Å². The third-order valence-corrected chi connectivity index (χ3v) is 3.09. The van der Waals surface area contributed by atoms with Crippen LogP contribution < -0.4 is 5.32 Å². The van der Waals surface area contributed by atoms with Gasteiger partial charge in [-0.1, -0.05) is 0 Å². The Kier molecular flexibility index (Phi) is 2.96. The van der Waals surface area contributed by atoms with Crippen LogP contribution in [-0.4, -0.2) is 43.4 Å². The average molecular weight is 182 g/mol. The number of hydrogen-bond donors (Lipinski definition) is 1. The van der Waals surface area contributed by atoms with Crippen LogP contribution in [0.4, 0.5) is 0 Å². The lowest BCUT2D eigenvalue weighted by Gasteiger charge is -2.27. The Morgan fingerprint density at radius 2 is 2.15 bits per heavy atom. The van der Waals surface area contributed by atoms with Gasteiger partial charge in [0.15, 0.2) is 0 Å². The molecule has 2 aliphatic rings. The minimum atomic E-state index is 0.445. The van der Waals surface area contributed by atoms with E-state index in [1.54, 1.807) is 0 Å². The van der Waals surface area contributed by atoms with E-state index in [2.05, 4.69) is 10.2 Å². The number of nitrogens with one attached hydrogen (secondary N) is 1. The second kappa shape index (κ2) is 4.20. The summed E-state index contributed by atoms with van der Waals surface area (Å²) in [6, 6.07) is 0. The summed E-state index contributed by atoms with van der Waals surface area (Å²) in [6.07, 6.45) is 2.87. The van der Waals surface area contributed by atoms with Gasteiger partial charge >= 0.3 is 0 Å². The first-order valence-corrected chi connectivity index (χ1v) is 5.29. The maximum atomic E-state index is 11.0. The molecule has 0 amide bonds. The Bertz CT molecular complexity index is 177. The third kappa shape index (κ3) is 2.51. The minimum Gasteiger partial charge on any atom is -0.316 e. The van der Waals surface area contributed by atoms with Crippen molar-refractivity contribution in [2.24, 2.45) is 5.92 Å². The summed E-state index contributed by atoms with van der Waals surface area (Å²) in [4.78, 5) is 13.5. The second-order valence-corrected chi connectivity index (χ2v) is 4.20. The van der Waals surface area contributed by atoms with Crippen LogP contribution in [0, 0.1) is 5.92 Å². The molecule has 1 unspecified atom stereocenters. The fourth-order valence-electron chi connectivity index (χ4n) is 2.22. The van der Waals surface area contributed by atoms with Crippen LogP contribution in [0.2, 0.25) is 0 Å². The molecule has 3 heteroatoms. The molecule has 2 aliphatic heterocycles. The molecule has 0 spiro atoms. The summed E-state index contributed by atoms with van der Waals surface area (Å²) in [6.45, 7) is 5.53. The largest absolute Gasteiger partial charge is 0.316 e. The number of hydrogen-bond acceptors (Lipinski definition) is 3. The monoisotopic (exact) mass is 182 g/mol. The number of likely N-dealkylation sites (tertiary alicyclic amines) is 1. The Hall–Kier alpha value is -0.410. The summed E-state index contributed by atoms with van der Waals surface area (Å²) in [5.74, 6) is 1.27. The van der Waals surface area contributed by atoms with Crippen LogP contribution in [0.25, 0.3) is 0 Å². The van der Waals surface area contributed by atoms with E-state index in [1.807, 2.05) is 0 Å². The molecular formula is C10H18N2O. The summed E-state index contributed by atoms with van der Waals surface area (Å²) < 4.78 is 0. The topological polar surface area (TPSA) is 32.3 Å². The summed E-state index contributed by atoms with van der Waals surface area (Å²) in [5.41, 5.74) is 0. The predicted octanol–water partition coefficient (Wildman–Crippen LogP) is 0.261. The highest BCUT2D eigenvalue weighted by Gasteiger charge is 2.21. The van der Waals surface area contributed by atoms with Gasteiger partial charge < -0.3 is 10.2 Å². The lowest BCUT2D eigenvalue weighted by Crippen LogP contribution is -2.37. The Morgan fingerprint density at radius 3 is 2.77 bits per heavy atom. The van der Waals surface area contributed by atoms with Crippen molar-refractivity contribution >= 4 is 5.78 Å². The predicted molar refractivity (Wildman–Crippen MR) is 51.7 cm³/mol. The molecule has 0 aromatic rings. The average Bonchev–Trinajstić information content (AvgIpc) is 2.62. The molecule has 74 valence electrons. The van der Waals surface area contributed by atoms with Crippen molar-refractivity contribution in [3.63, 3.8) is 0 Å². The van der Waals surface area contributed by atoms with Crippen molar-refractivity contribution < 1.29 is 4.79 Å². The van der Waals surface area contributed by atoms with Crippen molar-refractivity contribution in [1.29, 1.82) is 0 Å². The Morgan fingerprint density at radius 1 is 1.38 bits per heavy atom. The van der Waals surface area contributed by atoms with Gasteiger partial charge in [-0.3, -0.25) is 4.79 Å². The zero-order valence-corrected chi connectivity index (χ0v) is 8.09. The zero-order chi connectivity index (χ0) is 9.10. The van der Waals surface area contributed by atoms with E-state index in [0.29, 0.717) is 5.78 Å². The summed E-state index contributed by atoms with van der Waals surface area (Å²) >= 11 is 0. The molecule has 0 aliphatic carbocycles. The van der Waals surface area contributed by atoms with E-state index in [4.69, 9.17) is 0 Å². The molecule has 2 fully saturated rings. The molecule has 2 heterocycles. The summed E-state index contributed by atoms with van der Waals surface area (Å²) in [7, 11) is 0. The highest BCUT2D eigenvalue weighted by molar-refractivity contribution is 5.79. The van der Waals surface area contributed by atoms with E-state index >= 15 is 0 Å². The minimum absolute atomic E-state index is 0.445. The van der Waals surface area contributed by atoms with Crippen molar-refractivity contribution in [3.05, 3.63) is 0 Å². The van der Waals surface area contributed by atoms with E-state index in [0.717, 1.165) is 31.8 Å². The third-order valence-electron chi connectivity index (χ3n) is 3.09. The first-order chi connectivity index (χ1) is 6.34. The van der Waals surface area contributed by atoms with E-state index in [9.17, 15) is 4.79 Å². The molecule has 0 saturated carbocycles. The van der Waals surface area contributed by atoms with E-state index in [-0.39, 0.29) is 0 Å². The smallest absolute Gasteiger partial charge is 0.135 e. The first kappa shape index (κ1) is 9.16. The van der Waals surface area contributed by atoms with Crippen LogP contribution in [0.15, 0.2) is 0 Å². The van der Waals surface area contributed by atoms with Gasteiger partial charge in [0.05, 0.1) is 0 Å². The number of carbonyl (C=O) groups is 1. The number of carbonyl (C=O) groups excluding carboxylic acids is 1. The molecule has 1 N–H and O–H groups in total. The molecule has 0 bridgehead atoms. The number of piperidine rings is 1. The number of Topliss-reactive ketones (excluding diaryl/α,β-unsaturated/α-hetero) is 1. The quantitative estimate of drug-likeness (QED) is 0.665. The lowest BCUT2D eigenvalue weighted by atomic mass is 10.1. The van der Waals surface area contributed by atoms with E-state index in [1.165, 1.54) is 26.1 Å². The molecule has 0 aromatic carbocycles. The van der Waals surface area contributed by atoms with Gasteiger partial charge in [0, 0.05) is 32.5 Å². The SMILES string of the molecule is O=C1CCN(CC2CCNC2)CC1.